The van der Waals surface area contributed by atoms with Crippen LogP contribution in [0.4, 0.5) is 0 Å². The minimum absolute atomic E-state index is 0.0556. The number of fused-ring (bicyclic) bond motifs is 1. The highest BCUT2D eigenvalue weighted by atomic mass is 32.2. The van der Waals surface area contributed by atoms with Crippen LogP contribution in [0.3, 0.4) is 0 Å². The summed E-state index contributed by atoms with van der Waals surface area (Å²) in [5.74, 6) is -0.348. The number of nitrogens with zero attached hydrogens (tertiary/aromatic N) is 2. The summed E-state index contributed by atoms with van der Waals surface area (Å²) in [6.07, 6.45) is 3.16. The minimum Gasteiger partial charge on any atom is -0.480 e. The van der Waals surface area contributed by atoms with Crippen LogP contribution < -0.4 is 4.72 Å². The number of aliphatic carboxylic acids is 1. The molecule has 0 amide bonds. The number of carboxylic acid groups (broad SMARTS) is 1. The molecule has 20 heavy (non-hydrogen) atoms. The Morgan fingerprint density at radius 3 is 2.85 bits per heavy atom. The maximum Gasteiger partial charge on any atom is 0.321 e. The molecule has 0 saturated carbocycles. The van der Waals surface area contributed by atoms with Gasteiger partial charge < -0.3 is 9.67 Å². The molecule has 0 bridgehead atoms. The van der Waals surface area contributed by atoms with E-state index in [1.807, 2.05) is 13.8 Å². The van der Waals surface area contributed by atoms with Crippen LogP contribution in [0.15, 0.2) is 11.2 Å². The number of sulfonamides is 1. The predicted molar refractivity (Wildman–Crippen MR) is 71.7 cm³/mol. The lowest BCUT2D eigenvalue weighted by atomic mass is 10.1. The predicted octanol–water partition coefficient (Wildman–Crippen LogP) is 0.607. The molecule has 2 rings (SSSR count). The average Bonchev–Trinajstić information content (AvgIpc) is 2.87. The molecule has 1 aliphatic heterocycles. The first-order valence-electron chi connectivity index (χ1n) is 6.61. The van der Waals surface area contributed by atoms with Crippen molar-refractivity contribution in [1.82, 2.24) is 14.3 Å². The maximum atomic E-state index is 12.3. The van der Waals surface area contributed by atoms with E-state index in [0.717, 1.165) is 18.7 Å². The number of aromatic nitrogens is 2. The largest absolute Gasteiger partial charge is 0.480 e. The molecule has 0 aliphatic carbocycles. The molecule has 1 aliphatic rings. The standard InChI is InChI=1S/C12H19N3O4S/c1-8(2)6-9(12(16)17)14-20(18,19)11-7-13-10-4-3-5-15(10)11/h7-9,14H,3-6H2,1-2H3,(H,16,17). The molecule has 7 nitrogen and oxygen atoms in total. The van der Waals surface area contributed by atoms with Crippen molar-refractivity contribution in [1.29, 1.82) is 0 Å². The molecule has 112 valence electrons. The number of rotatable bonds is 6. The van der Waals surface area contributed by atoms with Crippen LogP contribution in [0, 0.1) is 5.92 Å². The third-order valence-corrected chi connectivity index (χ3v) is 4.73. The molecule has 0 saturated heterocycles. The van der Waals surface area contributed by atoms with Crippen LogP contribution in [0.5, 0.6) is 0 Å². The SMILES string of the molecule is CC(C)CC(NS(=O)(=O)c1cnc2n1CCC2)C(=O)O. The van der Waals surface area contributed by atoms with E-state index in [2.05, 4.69) is 9.71 Å². The van der Waals surface area contributed by atoms with E-state index in [0.29, 0.717) is 6.54 Å². The summed E-state index contributed by atoms with van der Waals surface area (Å²) >= 11 is 0. The first-order valence-corrected chi connectivity index (χ1v) is 8.09. The van der Waals surface area contributed by atoms with Crippen molar-refractivity contribution in [2.24, 2.45) is 5.92 Å². The van der Waals surface area contributed by atoms with Crippen LogP contribution in [0.2, 0.25) is 0 Å². The molecule has 2 N–H and O–H groups in total. The molecule has 0 aromatic carbocycles. The normalized spacial score (nSPS) is 16.4. The number of aryl methyl sites for hydroxylation is 1. The van der Waals surface area contributed by atoms with E-state index in [9.17, 15) is 13.2 Å². The lowest BCUT2D eigenvalue weighted by molar-refractivity contribution is -0.139. The first-order chi connectivity index (χ1) is 9.31. The summed E-state index contributed by atoms with van der Waals surface area (Å²) in [6, 6.07) is -1.12. The van der Waals surface area contributed by atoms with Gasteiger partial charge in [0.2, 0.25) is 0 Å². The highest BCUT2D eigenvalue weighted by Gasteiger charge is 2.30. The number of hydrogen-bond acceptors (Lipinski definition) is 4. The summed E-state index contributed by atoms with van der Waals surface area (Å²) < 4.78 is 28.5. The van der Waals surface area contributed by atoms with Gasteiger partial charge in [0.1, 0.15) is 11.9 Å². The van der Waals surface area contributed by atoms with Gasteiger partial charge >= 0.3 is 5.97 Å². The molecular formula is C12H19N3O4S. The second kappa shape index (κ2) is 5.53. The molecule has 0 fully saturated rings. The van der Waals surface area contributed by atoms with E-state index in [-0.39, 0.29) is 17.4 Å². The fourth-order valence-corrected chi connectivity index (χ4v) is 3.73. The summed E-state index contributed by atoms with van der Waals surface area (Å²) in [7, 11) is -3.86. The molecular weight excluding hydrogens is 282 g/mol. The van der Waals surface area contributed by atoms with Crippen LogP contribution in [-0.2, 0) is 27.8 Å². The molecule has 1 aromatic heterocycles. The zero-order valence-electron chi connectivity index (χ0n) is 11.5. The Hall–Kier alpha value is -1.41. The minimum atomic E-state index is -3.86. The van der Waals surface area contributed by atoms with Gasteiger partial charge in [0, 0.05) is 13.0 Å². The van der Waals surface area contributed by atoms with Gasteiger partial charge in [0.25, 0.3) is 10.0 Å². The topological polar surface area (TPSA) is 101 Å². The van der Waals surface area contributed by atoms with Crippen molar-refractivity contribution in [3.8, 4) is 0 Å². The van der Waals surface area contributed by atoms with Gasteiger partial charge in [0.15, 0.2) is 5.03 Å². The maximum absolute atomic E-state index is 12.3. The highest BCUT2D eigenvalue weighted by molar-refractivity contribution is 7.89. The molecule has 1 atom stereocenters. The Morgan fingerprint density at radius 1 is 1.55 bits per heavy atom. The molecule has 1 aromatic rings. The van der Waals surface area contributed by atoms with Crippen LogP contribution in [0.25, 0.3) is 0 Å². The molecule has 0 radical (unpaired) electrons. The molecule has 1 unspecified atom stereocenters. The monoisotopic (exact) mass is 301 g/mol. The second-order valence-corrected chi connectivity index (χ2v) is 7.07. The Balaban J connectivity index is 2.23. The number of imidazole rings is 1. The van der Waals surface area contributed by atoms with E-state index in [1.54, 1.807) is 4.57 Å². The van der Waals surface area contributed by atoms with Gasteiger partial charge in [-0.1, -0.05) is 13.8 Å². The lowest BCUT2D eigenvalue weighted by Crippen LogP contribution is -2.42. The third-order valence-electron chi connectivity index (χ3n) is 3.26. The fraction of sp³-hybridized carbons (Fsp3) is 0.667. The van der Waals surface area contributed by atoms with Gasteiger partial charge in [-0.3, -0.25) is 4.79 Å². The number of nitrogens with one attached hydrogen (secondary N) is 1. The first kappa shape index (κ1) is 15.0. The van der Waals surface area contributed by atoms with Gasteiger partial charge in [-0.25, -0.2) is 13.4 Å². The van der Waals surface area contributed by atoms with E-state index >= 15 is 0 Å². The van der Waals surface area contributed by atoms with Gasteiger partial charge in [0.05, 0.1) is 6.20 Å². The Kier molecular flexibility index (Phi) is 4.14. The summed E-state index contributed by atoms with van der Waals surface area (Å²) in [5, 5.41) is 9.18. The Bertz CT molecular complexity index is 606. The fourth-order valence-electron chi connectivity index (χ4n) is 2.36. The zero-order valence-corrected chi connectivity index (χ0v) is 12.4. The molecule has 0 spiro atoms. The van der Waals surface area contributed by atoms with Crippen molar-refractivity contribution >= 4 is 16.0 Å². The van der Waals surface area contributed by atoms with Crippen LogP contribution in [-0.4, -0.2) is 35.1 Å². The molecule has 8 heteroatoms. The van der Waals surface area contributed by atoms with Crippen molar-refractivity contribution in [3.63, 3.8) is 0 Å². The van der Waals surface area contributed by atoms with Crippen LogP contribution in [0.1, 0.15) is 32.5 Å². The number of carboxylic acids is 1. The Morgan fingerprint density at radius 2 is 2.25 bits per heavy atom. The quantitative estimate of drug-likeness (QED) is 0.801. The number of hydrogen-bond donors (Lipinski definition) is 2. The van der Waals surface area contributed by atoms with Crippen molar-refractivity contribution in [3.05, 3.63) is 12.0 Å². The Labute approximate surface area is 118 Å². The van der Waals surface area contributed by atoms with E-state index in [4.69, 9.17) is 5.11 Å². The summed E-state index contributed by atoms with van der Waals surface area (Å²) in [4.78, 5) is 15.2. The van der Waals surface area contributed by atoms with Crippen molar-refractivity contribution in [2.75, 3.05) is 0 Å². The molecule has 2 heterocycles. The van der Waals surface area contributed by atoms with E-state index in [1.165, 1.54) is 6.20 Å². The smallest absolute Gasteiger partial charge is 0.321 e. The van der Waals surface area contributed by atoms with Gasteiger partial charge in [-0.2, -0.15) is 4.72 Å². The summed E-state index contributed by atoms with van der Waals surface area (Å²) in [5.41, 5.74) is 0. The van der Waals surface area contributed by atoms with E-state index < -0.39 is 22.0 Å². The number of carbonyl (C=O) groups is 1. The third kappa shape index (κ3) is 3.01. The summed E-state index contributed by atoms with van der Waals surface area (Å²) in [6.45, 7) is 4.30. The lowest BCUT2D eigenvalue weighted by Gasteiger charge is -2.16. The van der Waals surface area contributed by atoms with Crippen LogP contribution >= 0.6 is 0 Å². The zero-order chi connectivity index (χ0) is 14.9. The average molecular weight is 301 g/mol. The second-order valence-electron chi connectivity index (χ2n) is 5.41. The van der Waals surface area contributed by atoms with Crippen molar-refractivity contribution < 1.29 is 18.3 Å². The highest BCUT2D eigenvalue weighted by Crippen LogP contribution is 2.20. The van der Waals surface area contributed by atoms with Gasteiger partial charge in [-0.15, -0.1) is 0 Å². The van der Waals surface area contributed by atoms with Gasteiger partial charge in [-0.05, 0) is 18.8 Å². The van der Waals surface area contributed by atoms with Crippen molar-refractivity contribution in [2.45, 2.75) is 50.7 Å².